The molecular weight excluding hydrogens is 408 g/mol. The van der Waals surface area contributed by atoms with E-state index in [0.29, 0.717) is 25.1 Å². The second kappa shape index (κ2) is 9.00. The third kappa shape index (κ3) is 4.05. The number of aliphatic hydroxyl groups is 1. The maximum atomic E-state index is 13.1. The lowest BCUT2D eigenvalue weighted by Crippen LogP contribution is -2.32. The molecule has 1 unspecified atom stereocenters. The number of nitrogens with zero attached hydrogens (tertiary/aromatic N) is 4. The molecule has 8 heteroatoms. The topological polar surface area (TPSA) is 86.2 Å². The van der Waals surface area contributed by atoms with Crippen LogP contribution in [0.15, 0.2) is 48.3 Å². The Kier molecular flexibility index (Phi) is 6.14. The normalized spacial score (nSPS) is 19.9. The molecule has 2 aliphatic rings. The predicted molar refractivity (Wildman–Crippen MR) is 122 cm³/mol. The van der Waals surface area contributed by atoms with E-state index in [9.17, 15) is 14.7 Å². The van der Waals surface area contributed by atoms with Gasteiger partial charge in [0, 0.05) is 31.5 Å². The van der Waals surface area contributed by atoms with Crippen LogP contribution in [0.3, 0.4) is 0 Å². The number of aromatic nitrogens is 1. The second-order valence-electron chi connectivity index (χ2n) is 8.38. The Labute approximate surface area is 187 Å². The van der Waals surface area contributed by atoms with E-state index < -0.39 is 17.7 Å². The smallest absolute Gasteiger partial charge is 0.295 e. The minimum Gasteiger partial charge on any atom is -0.507 e. The van der Waals surface area contributed by atoms with Crippen molar-refractivity contribution < 1.29 is 19.4 Å². The van der Waals surface area contributed by atoms with Crippen molar-refractivity contribution in [3.63, 3.8) is 0 Å². The van der Waals surface area contributed by atoms with Gasteiger partial charge in [0.1, 0.15) is 18.1 Å². The van der Waals surface area contributed by atoms with E-state index in [1.807, 2.05) is 30.9 Å². The van der Waals surface area contributed by atoms with Gasteiger partial charge in [-0.15, -0.1) is 0 Å². The lowest BCUT2D eigenvalue weighted by molar-refractivity contribution is -0.139. The van der Waals surface area contributed by atoms with Gasteiger partial charge in [-0.25, -0.2) is 0 Å². The van der Waals surface area contributed by atoms with Crippen molar-refractivity contribution in [1.29, 1.82) is 0 Å². The summed E-state index contributed by atoms with van der Waals surface area (Å²) in [4.78, 5) is 35.7. The van der Waals surface area contributed by atoms with Crippen LogP contribution >= 0.6 is 0 Å². The number of carbonyl (C=O) groups excluding carboxylic acids is 2. The molecule has 1 N–H and O–H groups in total. The molecule has 3 heterocycles. The number of anilines is 1. The van der Waals surface area contributed by atoms with Gasteiger partial charge in [-0.05, 0) is 63.0 Å². The number of likely N-dealkylation sites (N-methyl/N-ethyl adjacent to an activating group) is 1. The van der Waals surface area contributed by atoms with Gasteiger partial charge in [0.05, 0.1) is 23.8 Å². The van der Waals surface area contributed by atoms with Gasteiger partial charge < -0.3 is 24.5 Å². The number of aliphatic hydroxyl groups excluding tert-OH is 1. The van der Waals surface area contributed by atoms with Crippen molar-refractivity contribution >= 4 is 23.1 Å². The van der Waals surface area contributed by atoms with Gasteiger partial charge in [-0.3, -0.25) is 14.6 Å². The Morgan fingerprint density at radius 3 is 2.69 bits per heavy atom. The number of pyridine rings is 1. The largest absolute Gasteiger partial charge is 0.507 e. The number of fused-ring (bicyclic) bond motifs is 1. The SMILES string of the molecule is CN(C)CCCN1C(=O)C(=O)/C(=C(\O)c2ccc3c(c2)N(C)CCO3)C1c1ccncc1. The maximum absolute atomic E-state index is 13.1. The van der Waals surface area contributed by atoms with Gasteiger partial charge in [0.2, 0.25) is 0 Å². The molecule has 0 radical (unpaired) electrons. The summed E-state index contributed by atoms with van der Waals surface area (Å²) in [5, 5.41) is 11.3. The van der Waals surface area contributed by atoms with E-state index in [4.69, 9.17) is 4.74 Å². The molecule has 1 aromatic heterocycles. The summed E-state index contributed by atoms with van der Waals surface area (Å²) in [6.07, 6.45) is 3.96. The van der Waals surface area contributed by atoms with Crippen molar-refractivity contribution in [3.8, 4) is 5.75 Å². The molecule has 2 aromatic rings. The Balaban J connectivity index is 1.78. The highest BCUT2D eigenvalue weighted by molar-refractivity contribution is 6.46. The van der Waals surface area contributed by atoms with Gasteiger partial charge in [0.15, 0.2) is 0 Å². The van der Waals surface area contributed by atoms with Crippen molar-refractivity contribution in [2.24, 2.45) is 0 Å². The molecule has 0 saturated carbocycles. The van der Waals surface area contributed by atoms with Gasteiger partial charge in [0.25, 0.3) is 11.7 Å². The average molecular weight is 437 g/mol. The van der Waals surface area contributed by atoms with Crippen LogP contribution < -0.4 is 9.64 Å². The van der Waals surface area contributed by atoms with Gasteiger partial charge >= 0.3 is 0 Å². The van der Waals surface area contributed by atoms with Crippen molar-refractivity contribution in [2.75, 3.05) is 52.3 Å². The summed E-state index contributed by atoms with van der Waals surface area (Å²) in [6.45, 7) is 2.51. The quantitative estimate of drug-likeness (QED) is 0.422. The number of likely N-dealkylation sites (tertiary alicyclic amines) is 1. The van der Waals surface area contributed by atoms with Crippen LogP contribution in [-0.4, -0.2) is 79.0 Å². The predicted octanol–water partition coefficient (Wildman–Crippen LogP) is 2.28. The molecule has 8 nitrogen and oxygen atoms in total. The van der Waals surface area contributed by atoms with Crippen LogP contribution in [0.1, 0.15) is 23.6 Å². The zero-order valence-corrected chi connectivity index (χ0v) is 18.6. The van der Waals surface area contributed by atoms with E-state index in [1.54, 1.807) is 47.6 Å². The van der Waals surface area contributed by atoms with Crippen molar-refractivity contribution in [3.05, 3.63) is 59.4 Å². The van der Waals surface area contributed by atoms with E-state index in [0.717, 1.165) is 30.1 Å². The first-order valence-electron chi connectivity index (χ1n) is 10.7. The van der Waals surface area contributed by atoms with Crippen LogP contribution in [0.2, 0.25) is 0 Å². The van der Waals surface area contributed by atoms with Crippen LogP contribution in [0.5, 0.6) is 5.75 Å². The zero-order valence-electron chi connectivity index (χ0n) is 18.6. The number of hydrogen-bond donors (Lipinski definition) is 1. The second-order valence-corrected chi connectivity index (χ2v) is 8.38. The molecule has 1 fully saturated rings. The molecular formula is C24H28N4O4. The van der Waals surface area contributed by atoms with E-state index in [2.05, 4.69) is 4.98 Å². The molecule has 1 aromatic carbocycles. The van der Waals surface area contributed by atoms with Gasteiger partial charge in [-0.2, -0.15) is 0 Å². The highest BCUT2D eigenvalue weighted by Crippen LogP contribution is 2.41. The summed E-state index contributed by atoms with van der Waals surface area (Å²) in [7, 11) is 5.88. The van der Waals surface area contributed by atoms with Crippen LogP contribution in [0.4, 0.5) is 5.69 Å². The first-order valence-corrected chi connectivity index (χ1v) is 10.7. The van der Waals surface area contributed by atoms with Crippen molar-refractivity contribution in [1.82, 2.24) is 14.8 Å². The standard InChI is InChI=1S/C24H28N4O4/c1-26(2)11-4-12-28-21(16-7-9-25-10-8-16)20(23(30)24(28)31)22(29)17-5-6-19-18(15-17)27(3)13-14-32-19/h5-10,15,21,29H,4,11-14H2,1-3H3/b22-20-. The third-order valence-electron chi connectivity index (χ3n) is 5.89. The molecule has 4 rings (SSSR count). The number of carbonyl (C=O) groups is 2. The number of rotatable bonds is 6. The zero-order chi connectivity index (χ0) is 22.8. The molecule has 1 amide bonds. The molecule has 32 heavy (non-hydrogen) atoms. The third-order valence-corrected chi connectivity index (χ3v) is 5.89. The maximum Gasteiger partial charge on any atom is 0.295 e. The molecule has 168 valence electrons. The molecule has 0 spiro atoms. The monoisotopic (exact) mass is 436 g/mol. The van der Waals surface area contributed by atoms with Crippen molar-refractivity contribution in [2.45, 2.75) is 12.5 Å². The van der Waals surface area contributed by atoms with Crippen LogP contribution in [0, 0.1) is 0 Å². The Morgan fingerprint density at radius 2 is 1.97 bits per heavy atom. The summed E-state index contributed by atoms with van der Waals surface area (Å²) in [5.41, 5.74) is 2.15. The van der Waals surface area contributed by atoms with Crippen LogP contribution in [-0.2, 0) is 9.59 Å². The number of Topliss-reactive ketones (excluding diaryl/α,β-unsaturated/α-hetero) is 1. The number of hydrogen-bond acceptors (Lipinski definition) is 7. The minimum absolute atomic E-state index is 0.102. The van der Waals surface area contributed by atoms with Crippen LogP contribution in [0.25, 0.3) is 5.76 Å². The first-order chi connectivity index (χ1) is 15.4. The fraction of sp³-hybridized carbons (Fsp3) is 0.375. The number of ketones is 1. The van der Waals surface area contributed by atoms with E-state index in [1.165, 1.54) is 0 Å². The molecule has 2 aliphatic heterocycles. The fourth-order valence-electron chi connectivity index (χ4n) is 4.21. The summed E-state index contributed by atoms with van der Waals surface area (Å²) >= 11 is 0. The average Bonchev–Trinajstić information content (AvgIpc) is 3.04. The summed E-state index contributed by atoms with van der Waals surface area (Å²) in [6, 6.07) is 8.19. The Morgan fingerprint density at radius 1 is 1.22 bits per heavy atom. The van der Waals surface area contributed by atoms with E-state index in [-0.39, 0.29) is 11.3 Å². The summed E-state index contributed by atoms with van der Waals surface area (Å²) in [5.74, 6) is -0.714. The number of benzene rings is 1. The molecule has 0 aliphatic carbocycles. The Hall–Kier alpha value is -3.39. The lowest BCUT2D eigenvalue weighted by Gasteiger charge is -2.28. The Bertz CT molecular complexity index is 1050. The molecule has 0 bridgehead atoms. The van der Waals surface area contributed by atoms with E-state index >= 15 is 0 Å². The molecule has 1 saturated heterocycles. The lowest BCUT2D eigenvalue weighted by atomic mass is 9.95. The number of amides is 1. The fourth-order valence-corrected chi connectivity index (χ4v) is 4.21. The minimum atomic E-state index is -0.670. The summed E-state index contributed by atoms with van der Waals surface area (Å²) < 4.78 is 5.68. The molecule has 1 atom stereocenters. The highest BCUT2D eigenvalue weighted by atomic mass is 16.5. The highest BCUT2D eigenvalue weighted by Gasteiger charge is 2.45. The number of ether oxygens (including phenoxy) is 1. The first kappa shape index (κ1) is 21.8. The van der Waals surface area contributed by atoms with Gasteiger partial charge in [-0.1, -0.05) is 0 Å².